The minimum absolute atomic E-state index is 0.0412. The summed E-state index contributed by atoms with van der Waals surface area (Å²) in [4.78, 5) is 12.7. The number of hydrogen-bond donors (Lipinski definition) is 2. The van der Waals surface area contributed by atoms with Crippen molar-refractivity contribution in [3.63, 3.8) is 0 Å². The number of carboxylic acids is 1. The van der Waals surface area contributed by atoms with E-state index in [-0.39, 0.29) is 6.04 Å². The molecule has 2 atom stereocenters. The maximum atomic E-state index is 11.0. The minimum Gasteiger partial charge on any atom is -0.480 e. The molecule has 2 unspecified atom stereocenters. The van der Waals surface area contributed by atoms with E-state index in [0.29, 0.717) is 6.54 Å². The van der Waals surface area contributed by atoms with Crippen LogP contribution in [0.15, 0.2) is 12.7 Å². The van der Waals surface area contributed by atoms with Gasteiger partial charge in [-0.05, 0) is 20.5 Å². The molecule has 0 fully saturated rings. The van der Waals surface area contributed by atoms with E-state index in [0.717, 1.165) is 6.42 Å². The van der Waals surface area contributed by atoms with Crippen molar-refractivity contribution < 1.29 is 9.90 Å². The summed E-state index contributed by atoms with van der Waals surface area (Å²) in [5.41, 5.74) is 0. The van der Waals surface area contributed by atoms with Crippen molar-refractivity contribution >= 4 is 5.97 Å². The molecule has 0 bridgehead atoms. The number of nitrogens with zero attached hydrogens (tertiary/aromatic N) is 1. The molecule has 0 heterocycles. The Morgan fingerprint density at radius 2 is 2.21 bits per heavy atom. The molecule has 0 amide bonds. The van der Waals surface area contributed by atoms with Crippen LogP contribution in [0.25, 0.3) is 0 Å². The topological polar surface area (TPSA) is 52.6 Å². The van der Waals surface area contributed by atoms with Gasteiger partial charge in [-0.1, -0.05) is 13.0 Å². The highest BCUT2D eigenvalue weighted by Gasteiger charge is 2.27. The van der Waals surface area contributed by atoms with Crippen LogP contribution >= 0.6 is 0 Å². The zero-order valence-electron chi connectivity index (χ0n) is 9.16. The lowest BCUT2D eigenvalue weighted by molar-refractivity contribution is -0.143. The van der Waals surface area contributed by atoms with Crippen LogP contribution in [-0.4, -0.2) is 48.7 Å². The summed E-state index contributed by atoms with van der Waals surface area (Å²) in [5, 5.41) is 12.2. The molecule has 0 aliphatic heterocycles. The minimum atomic E-state index is -0.793. The zero-order valence-corrected chi connectivity index (χ0v) is 9.16. The Labute approximate surface area is 85.6 Å². The lowest BCUT2D eigenvalue weighted by Gasteiger charge is -2.28. The van der Waals surface area contributed by atoms with Crippen molar-refractivity contribution in [2.45, 2.75) is 25.4 Å². The third kappa shape index (κ3) is 3.89. The quantitative estimate of drug-likeness (QED) is 0.589. The van der Waals surface area contributed by atoms with E-state index in [1.54, 1.807) is 25.1 Å². The van der Waals surface area contributed by atoms with Crippen molar-refractivity contribution in [1.29, 1.82) is 0 Å². The maximum Gasteiger partial charge on any atom is 0.322 e. The lowest BCUT2D eigenvalue weighted by Crippen LogP contribution is -2.51. The first-order chi connectivity index (χ1) is 6.54. The van der Waals surface area contributed by atoms with Gasteiger partial charge >= 0.3 is 5.97 Å². The van der Waals surface area contributed by atoms with Gasteiger partial charge in [-0.15, -0.1) is 6.58 Å². The molecule has 2 N–H and O–H groups in total. The number of likely N-dealkylation sites (N-methyl/N-ethyl adjacent to an activating group) is 1. The van der Waals surface area contributed by atoms with Gasteiger partial charge < -0.3 is 10.4 Å². The van der Waals surface area contributed by atoms with Crippen molar-refractivity contribution in [3.05, 3.63) is 12.7 Å². The van der Waals surface area contributed by atoms with Gasteiger partial charge in [-0.2, -0.15) is 0 Å². The van der Waals surface area contributed by atoms with E-state index in [2.05, 4.69) is 11.9 Å². The first-order valence-electron chi connectivity index (χ1n) is 4.78. The monoisotopic (exact) mass is 200 g/mol. The highest BCUT2D eigenvalue weighted by molar-refractivity contribution is 5.74. The molecule has 4 heteroatoms. The molecule has 0 aromatic heterocycles. The number of carbonyl (C=O) groups is 1. The molecule has 14 heavy (non-hydrogen) atoms. The third-order valence-electron chi connectivity index (χ3n) is 2.15. The van der Waals surface area contributed by atoms with Crippen molar-refractivity contribution in [1.82, 2.24) is 10.2 Å². The first-order valence-corrected chi connectivity index (χ1v) is 4.78. The molecule has 0 spiro atoms. The predicted molar refractivity (Wildman–Crippen MR) is 57.4 cm³/mol. The van der Waals surface area contributed by atoms with E-state index < -0.39 is 12.0 Å². The summed E-state index contributed by atoms with van der Waals surface area (Å²) in [5.74, 6) is -0.793. The van der Waals surface area contributed by atoms with Gasteiger partial charge in [0.1, 0.15) is 6.04 Å². The average molecular weight is 200 g/mol. The Balaban J connectivity index is 4.41. The Kier molecular flexibility index (Phi) is 6.16. The van der Waals surface area contributed by atoms with Crippen molar-refractivity contribution in [2.24, 2.45) is 0 Å². The largest absolute Gasteiger partial charge is 0.480 e. The molecule has 0 aliphatic rings. The molecular formula is C10H20N2O2. The third-order valence-corrected chi connectivity index (χ3v) is 2.15. The fourth-order valence-corrected chi connectivity index (χ4v) is 1.47. The van der Waals surface area contributed by atoms with Gasteiger partial charge in [0.2, 0.25) is 0 Å². The standard InChI is InChI=1S/C10H20N2O2/c1-5-7-11-8(6-2)9(10(13)14)12(3)4/h5,8-9,11H,1,6-7H2,2-4H3,(H,13,14). The van der Waals surface area contributed by atoms with Gasteiger partial charge in [0.25, 0.3) is 0 Å². The second-order valence-electron chi connectivity index (χ2n) is 3.46. The fourth-order valence-electron chi connectivity index (χ4n) is 1.47. The van der Waals surface area contributed by atoms with Crippen LogP contribution in [0, 0.1) is 0 Å². The van der Waals surface area contributed by atoms with E-state index in [1.165, 1.54) is 0 Å². The molecule has 0 aliphatic carbocycles. The number of hydrogen-bond acceptors (Lipinski definition) is 3. The second-order valence-corrected chi connectivity index (χ2v) is 3.46. The van der Waals surface area contributed by atoms with Crippen LogP contribution in [0.3, 0.4) is 0 Å². The Bertz CT molecular complexity index is 193. The number of aliphatic carboxylic acids is 1. The number of carboxylic acid groups (broad SMARTS) is 1. The molecule has 0 rings (SSSR count). The Hall–Kier alpha value is -0.870. The van der Waals surface area contributed by atoms with Crippen molar-refractivity contribution in [2.75, 3.05) is 20.6 Å². The van der Waals surface area contributed by atoms with E-state index in [9.17, 15) is 4.79 Å². The van der Waals surface area contributed by atoms with Gasteiger partial charge in [0, 0.05) is 12.6 Å². The van der Waals surface area contributed by atoms with Gasteiger partial charge in [-0.3, -0.25) is 9.69 Å². The summed E-state index contributed by atoms with van der Waals surface area (Å²) in [6, 6.07) is -0.527. The van der Waals surface area contributed by atoms with Gasteiger partial charge in [0.15, 0.2) is 0 Å². The normalized spacial score (nSPS) is 15.1. The second kappa shape index (κ2) is 6.56. The fraction of sp³-hybridized carbons (Fsp3) is 0.700. The van der Waals surface area contributed by atoms with Crippen LogP contribution in [0.4, 0.5) is 0 Å². The summed E-state index contributed by atoms with van der Waals surface area (Å²) >= 11 is 0. The molecule has 0 aromatic carbocycles. The summed E-state index contributed by atoms with van der Waals surface area (Å²) < 4.78 is 0. The molecule has 0 radical (unpaired) electrons. The Morgan fingerprint density at radius 3 is 2.50 bits per heavy atom. The molecule has 0 aromatic rings. The zero-order chi connectivity index (χ0) is 11.1. The molecule has 0 saturated carbocycles. The molecule has 82 valence electrons. The SMILES string of the molecule is C=CCNC(CC)C(C(=O)O)N(C)C. The summed E-state index contributed by atoms with van der Waals surface area (Å²) in [6.45, 7) is 6.20. The van der Waals surface area contributed by atoms with Crippen LogP contribution < -0.4 is 5.32 Å². The molecule has 0 saturated heterocycles. The van der Waals surface area contributed by atoms with Crippen LogP contribution in [-0.2, 0) is 4.79 Å². The number of rotatable bonds is 7. The van der Waals surface area contributed by atoms with Crippen LogP contribution in [0.5, 0.6) is 0 Å². The summed E-state index contributed by atoms with van der Waals surface area (Å²) in [6.07, 6.45) is 2.51. The van der Waals surface area contributed by atoms with Crippen LogP contribution in [0.1, 0.15) is 13.3 Å². The maximum absolute atomic E-state index is 11.0. The number of nitrogens with one attached hydrogen (secondary N) is 1. The van der Waals surface area contributed by atoms with Gasteiger partial charge in [-0.25, -0.2) is 0 Å². The smallest absolute Gasteiger partial charge is 0.322 e. The van der Waals surface area contributed by atoms with E-state index >= 15 is 0 Å². The summed E-state index contributed by atoms with van der Waals surface area (Å²) in [7, 11) is 3.55. The lowest BCUT2D eigenvalue weighted by atomic mass is 10.0. The van der Waals surface area contributed by atoms with E-state index in [1.807, 2.05) is 6.92 Å². The predicted octanol–water partition coefficient (Wildman–Crippen LogP) is 0.555. The van der Waals surface area contributed by atoms with Crippen molar-refractivity contribution in [3.8, 4) is 0 Å². The van der Waals surface area contributed by atoms with Crippen LogP contribution in [0.2, 0.25) is 0 Å². The van der Waals surface area contributed by atoms with E-state index in [4.69, 9.17) is 5.11 Å². The highest BCUT2D eigenvalue weighted by Crippen LogP contribution is 2.05. The Morgan fingerprint density at radius 1 is 1.64 bits per heavy atom. The molecular weight excluding hydrogens is 180 g/mol. The first kappa shape index (κ1) is 13.1. The van der Waals surface area contributed by atoms with Gasteiger partial charge in [0.05, 0.1) is 0 Å². The molecule has 4 nitrogen and oxygen atoms in total. The average Bonchev–Trinajstić information content (AvgIpc) is 2.10. The highest BCUT2D eigenvalue weighted by atomic mass is 16.4.